The van der Waals surface area contributed by atoms with Crippen LogP contribution in [0.3, 0.4) is 0 Å². The number of hydrogen-bond acceptors (Lipinski definition) is 3. The number of aromatic nitrogens is 2. The van der Waals surface area contributed by atoms with Gasteiger partial charge < -0.3 is 15.2 Å². The van der Waals surface area contributed by atoms with Crippen LogP contribution in [0.15, 0.2) is 55.0 Å². The van der Waals surface area contributed by atoms with Gasteiger partial charge in [-0.05, 0) is 49.1 Å². The molecule has 2 N–H and O–H groups in total. The summed E-state index contributed by atoms with van der Waals surface area (Å²) in [6.07, 6.45) is 5.71. The van der Waals surface area contributed by atoms with Crippen molar-refractivity contribution in [1.29, 1.82) is 0 Å². The molecule has 1 amide bonds. The van der Waals surface area contributed by atoms with E-state index >= 15 is 0 Å². The Bertz CT molecular complexity index is 945. The van der Waals surface area contributed by atoms with E-state index in [0.29, 0.717) is 11.4 Å². The lowest BCUT2D eigenvalue weighted by molar-refractivity contribution is 0.102. The molecule has 0 aliphatic carbocycles. The van der Waals surface area contributed by atoms with E-state index in [1.807, 2.05) is 29.0 Å². The standard InChI is InChI=1S/C21H22N4O/c1-15-4-2-5-16(10-15)12-25-13-20(23-14-25)24-21(26)18-7-8-19-17(11-18)6-3-9-22-19/h2,4-5,7-8,10-11,13-14,22H,3,6,9,12H2,1H3,(H,24,26). The number of nitrogens with one attached hydrogen (secondary N) is 2. The monoisotopic (exact) mass is 346 g/mol. The van der Waals surface area contributed by atoms with E-state index in [9.17, 15) is 4.79 Å². The summed E-state index contributed by atoms with van der Waals surface area (Å²) in [7, 11) is 0. The summed E-state index contributed by atoms with van der Waals surface area (Å²) in [4.78, 5) is 16.8. The molecule has 3 aromatic rings. The van der Waals surface area contributed by atoms with Gasteiger partial charge in [0.25, 0.3) is 5.91 Å². The lowest BCUT2D eigenvalue weighted by Gasteiger charge is -2.18. The summed E-state index contributed by atoms with van der Waals surface area (Å²) in [5.41, 5.74) is 5.45. The predicted octanol–water partition coefficient (Wildman–Crippen LogP) is 3.85. The van der Waals surface area contributed by atoms with Gasteiger partial charge in [0.1, 0.15) is 0 Å². The zero-order valence-electron chi connectivity index (χ0n) is 14.8. The van der Waals surface area contributed by atoms with Crippen molar-refractivity contribution in [2.45, 2.75) is 26.3 Å². The average Bonchev–Trinajstić information content (AvgIpc) is 3.08. The van der Waals surface area contributed by atoms with Gasteiger partial charge >= 0.3 is 0 Å². The number of carbonyl (C=O) groups excluding carboxylic acids is 1. The quantitative estimate of drug-likeness (QED) is 0.754. The normalized spacial score (nSPS) is 13.0. The Balaban J connectivity index is 1.44. The number of amides is 1. The lowest BCUT2D eigenvalue weighted by atomic mass is 10.0. The van der Waals surface area contributed by atoms with Crippen LogP contribution in [-0.2, 0) is 13.0 Å². The van der Waals surface area contributed by atoms with E-state index in [0.717, 1.165) is 31.6 Å². The highest BCUT2D eigenvalue weighted by Crippen LogP contribution is 2.23. The topological polar surface area (TPSA) is 59.0 Å². The van der Waals surface area contributed by atoms with Crippen LogP contribution < -0.4 is 10.6 Å². The van der Waals surface area contributed by atoms with Gasteiger partial charge in [-0.15, -0.1) is 0 Å². The molecule has 0 saturated heterocycles. The summed E-state index contributed by atoms with van der Waals surface area (Å²) in [6.45, 7) is 3.81. The van der Waals surface area contributed by atoms with Gasteiger partial charge in [-0.25, -0.2) is 4.98 Å². The van der Waals surface area contributed by atoms with Crippen molar-refractivity contribution in [3.05, 3.63) is 77.2 Å². The number of aryl methyl sites for hydroxylation is 2. The molecule has 4 rings (SSSR count). The smallest absolute Gasteiger partial charge is 0.256 e. The van der Waals surface area contributed by atoms with Crippen molar-refractivity contribution >= 4 is 17.4 Å². The molecule has 0 fully saturated rings. The lowest BCUT2D eigenvalue weighted by Crippen LogP contribution is -2.15. The predicted molar refractivity (Wildman–Crippen MR) is 104 cm³/mol. The molecule has 132 valence electrons. The molecule has 1 aliphatic heterocycles. The largest absolute Gasteiger partial charge is 0.385 e. The molecule has 1 aliphatic rings. The van der Waals surface area contributed by atoms with E-state index in [1.165, 1.54) is 16.7 Å². The average molecular weight is 346 g/mol. The van der Waals surface area contributed by atoms with Crippen molar-refractivity contribution in [2.75, 3.05) is 17.2 Å². The minimum atomic E-state index is -0.126. The Morgan fingerprint density at radius 3 is 3.08 bits per heavy atom. The first-order valence-electron chi connectivity index (χ1n) is 8.93. The van der Waals surface area contributed by atoms with Gasteiger partial charge in [-0.3, -0.25) is 4.79 Å². The zero-order chi connectivity index (χ0) is 17.9. The van der Waals surface area contributed by atoms with Crippen molar-refractivity contribution in [2.24, 2.45) is 0 Å². The molecule has 0 bridgehead atoms. The molecule has 2 heterocycles. The van der Waals surface area contributed by atoms with E-state index in [-0.39, 0.29) is 5.91 Å². The van der Waals surface area contributed by atoms with Crippen LogP contribution in [0.4, 0.5) is 11.5 Å². The molecular weight excluding hydrogens is 324 g/mol. The second-order valence-electron chi connectivity index (χ2n) is 6.78. The van der Waals surface area contributed by atoms with Crippen LogP contribution in [0.1, 0.15) is 33.5 Å². The Morgan fingerprint density at radius 2 is 2.19 bits per heavy atom. The van der Waals surface area contributed by atoms with Crippen LogP contribution in [0, 0.1) is 6.92 Å². The highest BCUT2D eigenvalue weighted by Gasteiger charge is 2.13. The fourth-order valence-electron chi connectivity index (χ4n) is 3.34. The second-order valence-corrected chi connectivity index (χ2v) is 6.78. The Morgan fingerprint density at radius 1 is 1.27 bits per heavy atom. The van der Waals surface area contributed by atoms with Crippen molar-refractivity contribution in [3.8, 4) is 0 Å². The third-order valence-corrected chi connectivity index (χ3v) is 4.63. The van der Waals surface area contributed by atoms with Crippen LogP contribution in [0.5, 0.6) is 0 Å². The summed E-state index contributed by atoms with van der Waals surface area (Å²) < 4.78 is 1.97. The van der Waals surface area contributed by atoms with Crippen LogP contribution in [0.2, 0.25) is 0 Å². The Kier molecular flexibility index (Phi) is 4.44. The fourth-order valence-corrected chi connectivity index (χ4v) is 3.34. The SMILES string of the molecule is Cc1cccc(Cn2cnc(NC(=O)c3ccc4c(c3)CCCN4)c2)c1. The highest BCUT2D eigenvalue weighted by molar-refractivity contribution is 6.04. The van der Waals surface area contributed by atoms with Gasteiger partial charge in [0.2, 0.25) is 0 Å². The number of anilines is 2. The molecule has 1 aromatic heterocycles. The Hall–Kier alpha value is -3.08. The van der Waals surface area contributed by atoms with Crippen molar-refractivity contribution < 1.29 is 4.79 Å². The molecular formula is C21H22N4O. The van der Waals surface area contributed by atoms with Crippen LogP contribution >= 0.6 is 0 Å². The number of hydrogen-bond donors (Lipinski definition) is 2. The molecule has 0 spiro atoms. The van der Waals surface area contributed by atoms with E-state index in [4.69, 9.17) is 0 Å². The third-order valence-electron chi connectivity index (χ3n) is 4.63. The van der Waals surface area contributed by atoms with Crippen LogP contribution in [-0.4, -0.2) is 22.0 Å². The van der Waals surface area contributed by atoms with Gasteiger partial charge in [-0.1, -0.05) is 29.8 Å². The van der Waals surface area contributed by atoms with Crippen LogP contribution in [0.25, 0.3) is 0 Å². The molecule has 5 heteroatoms. The van der Waals surface area contributed by atoms with Crippen molar-refractivity contribution in [3.63, 3.8) is 0 Å². The summed E-state index contributed by atoms with van der Waals surface area (Å²) in [5.74, 6) is 0.442. The summed E-state index contributed by atoms with van der Waals surface area (Å²) in [5, 5.41) is 6.25. The summed E-state index contributed by atoms with van der Waals surface area (Å²) in [6, 6.07) is 14.2. The maximum atomic E-state index is 12.5. The number of benzene rings is 2. The molecule has 0 unspecified atom stereocenters. The third kappa shape index (κ3) is 3.61. The molecule has 0 saturated carbocycles. The Labute approximate surface area is 153 Å². The minimum Gasteiger partial charge on any atom is -0.385 e. The minimum absolute atomic E-state index is 0.126. The fraction of sp³-hybridized carbons (Fsp3) is 0.238. The molecule has 0 radical (unpaired) electrons. The molecule has 0 atom stereocenters. The van der Waals surface area contributed by atoms with Crippen molar-refractivity contribution in [1.82, 2.24) is 9.55 Å². The number of fused-ring (bicyclic) bond motifs is 1. The second kappa shape index (κ2) is 7.04. The highest BCUT2D eigenvalue weighted by atomic mass is 16.1. The van der Waals surface area contributed by atoms with E-state index in [1.54, 1.807) is 6.33 Å². The van der Waals surface area contributed by atoms with Gasteiger partial charge in [0.05, 0.1) is 6.33 Å². The first kappa shape index (κ1) is 16.4. The number of carbonyl (C=O) groups is 1. The number of imidazole rings is 1. The van der Waals surface area contributed by atoms with Gasteiger partial charge in [0, 0.05) is 30.5 Å². The van der Waals surface area contributed by atoms with Gasteiger partial charge in [-0.2, -0.15) is 0 Å². The molecule has 2 aromatic carbocycles. The first-order chi connectivity index (χ1) is 12.7. The van der Waals surface area contributed by atoms with Gasteiger partial charge in [0.15, 0.2) is 5.82 Å². The zero-order valence-corrected chi connectivity index (χ0v) is 14.8. The number of nitrogens with zero attached hydrogens (tertiary/aromatic N) is 2. The maximum Gasteiger partial charge on any atom is 0.256 e. The maximum absolute atomic E-state index is 12.5. The molecule has 5 nitrogen and oxygen atoms in total. The van der Waals surface area contributed by atoms with E-state index in [2.05, 4.69) is 46.8 Å². The summed E-state index contributed by atoms with van der Waals surface area (Å²) >= 11 is 0. The first-order valence-corrected chi connectivity index (χ1v) is 8.93. The number of rotatable bonds is 4. The molecule has 26 heavy (non-hydrogen) atoms. The van der Waals surface area contributed by atoms with E-state index < -0.39 is 0 Å².